The van der Waals surface area contributed by atoms with Gasteiger partial charge >= 0.3 is 12.1 Å². The number of carboxylic acids is 1. The number of ether oxygens (including phenoxy) is 1. The maximum atomic E-state index is 12.1. The van der Waals surface area contributed by atoms with Crippen LogP contribution in [0.5, 0.6) is 0 Å². The van der Waals surface area contributed by atoms with E-state index in [1.165, 1.54) is 0 Å². The number of rotatable bonds is 7. The van der Waals surface area contributed by atoms with Gasteiger partial charge in [0.2, 0.25) is 5.91 Å². The quantitative estimate of drug-likeness (QED) is 0.661. The monoisotopic (exact) mass is 398 g/mol. The standard InChI is InChI=1S/C22H26N2O5/c1-22(2,3)20(27)24-18(19(25)26)13-15-9-11-17(12-10-15)23-21(28)29-14-16-7-5-4-6-8-16/h4-12,18H,13-14H2,1-3H3,(H,23,28)(H,24,27)(H,25,26)/t18-/m0/s1. The van der Waals surface area contributed by atoms with Crippen LogP contribution >= 0.6 is 0 Å². The van der Waals surface area contributed by atoms with Crippen molar-refractivity contribution in [2.45, 2.75) is 39.8 Å². The number of benzene rings is 2. The van der Waals surface area contributed by atoms with Crippen LogP contribution in [0, 0.1) is 5.41 Å². The molecule has 0 fully saturated rings. The Hall–Kier alpha value is -3.35. The fraction of sp³-hybridized carbons (Fsp3) is 0.318. The highest BCUT2D eigenvalue weighted by atomic mass is 16.5. The minimum absolute atomic E-state index is 0.135. The van der Waals surface area contributed by atoms with Gasteiger partial charge in [0.05, 0.1) is 0 Å². The molecule has 29 heavy (non-hydrogen) atoms. The van der Waals surface area contributed by atoms with Crippen molar-refractivity contribution < 1.29 is 24.2 Å². The first kappa shape index (κ1) is 21.9. The third kappa shape index (κ3) is 7.29. The Morgan fingerprint density at radius 2 is 1.59 bits per heavy atom. The van der Waals surface area contributed by atoms with Gasteiger partial charge in [-0.2, -0.15) is 0 Å². The van der Waals surface area contributed by atoms with Crippen molar-refractivity contribution in [1.29, 1.82) is 0 Å². The lowest BCUT2D eigenvalue weighted by Crippen LogP contribution is -2.46. The van der Waals surface area contributed by atoms with Crippen LogP contribution in [-0.4, -0.2) is 29.1 Å². The predicted molar refractivity (Wildman–Crippen MR) is 109 cm³/mol. The van der Waals surface area contributed by atoms with Crippen LogP contribution in [0.2, 0.25) is 0 Å². The van der Waals surface area contributed by atoms with Gasteiger partial charge in [0.15, 0.2) is 0 Å². The molecule has 0 unspecified atom stereocenters. The molecule has 2 aromatic rings. The Balaban J connectivity index is 1.90. The molecule has 7 heteroatoms. The summed E-state index contributed by atoms with van der Waals surface area (Å²) in [6, 6.07) is 15.0. The molecule has 0 saturated carbocycles. The number of carboxylic acid groups (broad SMARTS) is 1. The first-order valence-corrected chi connectivity index (χ1v) is 9.25. The lowest BCUT2D eigenvalue weighted by atomic mass is 9.94. The molecule has 0 radical (unpaired) electrons. The molecule has 1 atom stereocenters. The summed E-state index contributed by atoms with van der Waals surface area (Å²) in [7, 11) is 0. The smallest absolute Gasteiger partial charge is 0.411 e. The average molecular weight is 398 g/mol. The summed E-state index contributed by atoms with van der Waals surface area (Å²) in [5, 5.41) is 14.6. The number of carbonyl (C=O) groups is 3. The van der Waals surface area contributed by atoms with Gasteiger partial charge in [0.25, 0.3) is 0 Å². The summed E-state index contributed by atoms with van der Waals surface area (Å²) >= 11 is 0. The molecular formula is C22H26N2O5. The summed E-state index contributed by atoms with van der Waals surface area (Å²) < 4.78 is 5.16. The molecule has 2 aromatic carbocycles. The Morgan fingerprint density at radius 3 is 2.14 bits per heavy atom. The molecule has 0 saturated heterocycles. The molecule has 0 aliphatic rings. The maximum Gasteiger partial charge on any atom is 0.411 e. The summed E-state index contributed by atoms with van der Waals surface area (Å²) in [5.41, 5.74) is 1.45. The van der Waals surface area contributed by atoms with Crippen molar-refractivity contribution in [2.75, 3.05) is 5.32 Å². The Labute approximate surface area is 170 Å². The van der Waals surface area contributed by atoms with E-state index in [1.54, 1.807) is 45.0 Å². The summed E-state index contributed by atoms with van der Waals surface area (Å²) in [6.07, 6.45) is -0.446. The van der Waals surface area contributed by atoms with Crippen molar-refractivity contribution in [2.24, 2.45) is 5.41 Å². The zero-order chi connectivity index (χ0) is 21.4. The van der Waals surface area contributed by atoms with E-state index < -0.39 is 23.5 Å². The molecule has 0 aliphatic carbocycles. The van der Waals surface area contributed by atoms with E-state index >= 15 is 0 Å². The van der Waals surface area contributed by atoms with Crippen LogP contribution < -0.4 is 10.6 Å². The lowest BCUT2D eigenvalue weighted by molar-refractivity contribution is -0.143. The number of carbonyl (C=O) groups excluding carboxylic acids is 2. The second-order valence-corrected chi connectivity index (χ2v) is 7.70. The van der Waals surface area contributed by atoms with E-state index in [9.17, 15) is 19.5 Å². The second kappa shape index (κ2) is 9.73. The first-order valence-electron chi connectivity index (χ1n) is 9.25. The minimum atomic E-state index is -1.10. The third-order valence-corrected chi connectivity index (χ3v) is 4.14. The number of hydrogen-bond donors (Lipinski definition) is 3. The molecule has 154 valence electrons. The van der Waals surface area contributed by atoms with Gasteiger partial charge in [-0.25, -0.2) is 9.59 Å². The molecule has 3 N–H and O–H groups in total. The zero-order valence-corrected chi connectivity index (χ0v) is 16.8. The topological polar surface area (TPSA) is 105 Å². The highest BCUT2D eigenvalue weighted by molar-refractivity contribution is 5.87. The zero-order valence-electron chi connectivity index (χ0n) is 16.8. The molecule has 0 aromatic heterocycles. The summed E-state index contributed by atoms with van der Waals surface area (Å²) in [5.74, 6) is -1.43. The van der Waals surface area contributed by atoms with E-state index in [0.29, 0.717) is 5.69 Å². The van der Waals surface area contributed by atoms with Gasteiger partial charge in [-0.05, 0) is 23.3 Å². The summed E-state index contributed by atoms with van der Waals surface area (Å²) in [4.78, 5) is 35.4. The Bertz CT molecular complexity index is 842. The fourth-order valence-corrected chi connectivity index (χ4v) is 2.41. The highest BCUT2D eigenvalue weighted by Crippen LogP contribution is 2.15. The Morgan fingerprint density at radius 1 is 0.966 bits per heavy atom. The Kier molecular flexibility index (Phi) is 7.36. The maximum absolute atomic E-state index is 12.1. The normalized spacial score (nSPS) is 12.0. The molecule has 7 nitrogen and oxygen atoms in total. The van der Waals surface area contributed by atoms with Crippen LogP contribution in [0.25, 0.3) is 0 Å². The number of nitrogens with one attached hydrogen (secondary N) is 2. The number of aliphatic carboxylic acids is 1. The van der Waals surface area contributed by atoms with Crippen molar-refractivity contribution >= 4 is 23.7 Å². The van der Waals surface area contributed by atoms with Crippen LogP contribution in [-0.2, 0) is 27.4 Å². The summed E-state index contributed by atoms with van der Waals surface area (Å²) in [6.45, 7) is 5.33. The van der Waals surface area contributed by atoms with Gasteiger partial charge in [0.1, 0.15) is 12.6 Å². The van der Waals surface area contributed by atoms with Crippen LogP contribution in [0.15, 0.2) is 54.6 Å². The van der Waals surface area contributed by atoms with Crippen molar-refractivity contribution in [3.05, 3.63) is 65.7 Å². The van der Waals surface area contributed by atoms with E-state index in [0.717, 1.165) is 11.1 Å². The number of amides is 2. The second-order valence-electron chi connectivity index (χ2n) is 7.70. The molecule has 0 spiro atoms. The van der Waals surface area contributed by atoms with Gasteiger partial charge in [0, 0.05) is 17.5 Å². The molecule has 0 bridgehead atoms. The van der Waals surface area contributed by atoms with Crippen LogP contribution in [0.4, 0.5) is 10.5 Å². The molecule has 0 heterocycles. The van der Waals surface area contributed by atoms with Crippen molar-refractivity contribution in [3.8, 4) is 0 Å². The highest BCUT2D eigenvalue weighted by Gasteiger charge is 2.27. The van der Waals surface area contributed by atoms with E-state index in [4.69, 9.17) is 4.74 Å². The van der Waals surface area contributed by atoms with Gasteiger partial charge in [-0.1, -0.05) is 63.2 Å². The van der Waals surface area contributed by atoms with E-state index in [1.807, 2.05) is 30.3 Å². The van der Waals surface area contributed by atoms with Gasteiger partial charge in [-0.15, -0.1) is 0 Å². The van der Waals surface area contributed by atoms with E-state index in [2.05, 4.69) is 10.6 Å². The SMILES string of the molecule is CC(C)(C)C(=O)N[C@@H](Cc1ccc(NC(=O)OCc2ccccc2)cc1)C(=O)O. The van der Waals surface area contributed by atoms with E-state index in [-0.39, 0.29) is 18.9 Å². The minimum Gasteiger partial charge on any atom is -0.480 e. The largest absolute Gasteiger partial charge is 0.480 e. The third-order valence-electron chi connectivity index (χ3n) is 4.14. The fourth-order valence-electron chi connectivity index (χ4n) is 2.41. The van der Waals surface area contributed by atoms with Gasteiger partial charge < -0.3 is 15.2 Å². The molecular weight excluding hydrogens is 372 g/mol. The van der Waals surface area contributed by atoms with Crippen molar-refractivity contribution in [1.82, 2.24) is 5.32 Å². The van der Waals surface area contributed by atoms with Gasteiger partial charge in [-0.3, -0.25) is 10.1 Å². The first-order chi connectivity index (χ1) is 13.6. The van der Waals surface area contributed by atoms with Crippen molar-refractivity contribution in [3.63, 3.8) is 0 Å². The van der Waals surface area contributed by atoms with Crippen LogP contribution in [0.1, 0.15) is 31.9 Å². The molecule has 2 amide bonds. The number of hydrogen-bond acceptors (Lipinski definition) is 4. The molecule has 2 rings (SSSR count). The molecule has 0 aliphatic heterocycles. The van der Waals surface area contributed by atoms with Crippen LogP contribution in [0.3, 0.4) is 0 Å². The number of anilines is 1. The lowest BCUT2D eigenvalue weighted by Gasteiger charge is -2.22. The average Bonchev–Trinajstić information content (AvgIpc) is 2.67. The predicted octanol–water partition coefficient (Wildman–Crippen LogP) is 3.59.